The first-order valence-electron chi connectivity index (χ1n) is 11.9. The van der Waals surface area contributed by atoms with Gasteiger partial charge in [0.2, 0.25) is 0 Å². The van der Waals surface area contributed by atoms with Gasteiger partial charge in [0, 0.05) is 31.1 Å². The molecule has 0 aliphatic carbocycles. The number of hydrogen-bond donors (Lipinski definition) is 2. The first kappa shape index (κ1) is 25.4. The van der Waals surface area contributed by atoms with E-state index in [1.54, 1.807) is 50.6 Å². The second-order valence-corrected chi connectivity index (χ2v) is 8.50. The molecule has 9 nitrogen and oxygen atoms in total. The van der Waals surface area contributed by atoms with E-state index in [2.05, 4.69) is 20.8 Å². The van der Waals surface area contributed by atoms with Gasteiger partial charge in [-0.3, -0.25) is 4.79 Å². The fourth-order valence-corrected chi connectivity index (χ4v) is 3.67. The number of carbonyl (C=O) groups excluding carboxylic acids is 2. The summed E-state index contributed by atoms with van der Waals surface area (Å²) in [5, 5.41) is 9.85. The van der Waals surface area contributed by atoms with Crippen molar-refractivity contribution < 1.29 is 18.8 Å². The summed E-state index contributed by atoms with van der Waals surface area (Å²) in [4.78, 5) is 31.1. The molecule has 1 unspecified atom stereocenters. The molecular weight excluding hydrogens is 470 g/mol. The Morgan fingerprint density at radius 1 is 1.00 bits per heavy atom. The van der Waals surface area contributed by atoms with Gasteiger partial charge >= 0.3 is 6.03 Å². The molecule has 1 aromatic heterocycles. The van der Waals surface area contributed by atoms with Crippen molar-refractivity contribution >= 4 is 17.6 Å². The summed E-state index contributed by atoms with van der Waals surface area (Å²) >= 11 is 0. The summed E-state index contributed by atoms with van der Waals surface area (Å²) < 4.78 is 10.7. The smallest absolute Gasteiger partial charge is 0.321 e. The molecule has 0 bridgehead atoms. The minimum Gasteiger partial charge on any atom is -0.495 e. The lowest BCUT2D eigenvalue weighted by molar-refractivity contribution is 0.0940. The highest BCUT2D eigenvalue weighted by molar-refractivity contribution is 5.94. The van der Waals surface area contributed by atoms with Gasteiger partial charge in [0.15, 0.2) is 5.82 Å². The van der Waals surface area contributed by atoms with E-state index in [1.165, 1.54) is 4.90 Å². The molecule has 4 rings (SSSR count). The van der Waals surface area contributed by atoms with Crippen LogP contribution in [0.1, 0.15) is 34.7 Å². The predicted molar refractivity (Wildman–Crippen MR) is 140 cm³/mol. The van der Waals surface area contributed by atoms with Crippen LogP contribution in [0.5, 0.6) is 5.75 Å². The summed E-state index contributed by atoms with van der Waals surface area (Å²) in [5.41, 5.74) is 2.87. The van der Waals surface area contributed by atoms with Crippen molar-refractivity contribution in [1.29, 1.82) is 0 Å². The Morgan fingerprint density at radius 2 is 1.70 bits per heavy atom. The molecular formula is C28H29N5O4. The zero-order valence-electron chi connectivity index (χ0n) is 21.0. The highest BCUT2D eigenvalue weighted by Crippen LogP contribution is 2.23. The number of urea groups is 1. The van der Waals surface area contributed by atoms with Crippen LogP contribution >= 0.6 is 0 Å². The number of anilines is 1. The fraction of sp³-hybridized carbons (Fsp3) is 0.214. The Balaban J connectivity index is 1.30. The van der Waals surface area contributed by atoms with Crippen molar-refractivity contribution in [3.8, 4) is 17.2 Å². The van der Waals surface area contributed by atoms with Crippen LogP contribution in [-0.2, 0) is 6.42 Å². The van der Waals surface area contributed by atoms with E-state index < -0.39 is 0 Å². The van der Waals surface area contributed by atoms with E-state index in [9.17, 15) is 9.59 Å². The van der Waals surface area contributed by atoms with Crippen molar-refractivity contribution in [2.24, 2.45) is 0 Å². The van der Waals surface area contributed by atoms with Crippen molar-refractivity contribution in [2.75, 3.05) is 26.0 Å². The number of ether oxygens (including phenoxy) is 1. The predicted octanol–water partition coefficient (Wildman–Crippen LogP) is 4.94. The monoisotopic (exact) mass is 499 g/mol. The highest BCUT2D eigenvalue weighted by Gasteiger charge is 2.15. The number of methoxy groups -OCH3 is 1. The molecule has 0 saturated heterocycles. The number of benzene rings is 3. The van der Waals surface area contributed by atoms with Gasteiger partial charge in [-0.2, -0.15) is 4.98 Å². The van der Waals surface area contributed by atoms with Crippen molar-refractivity contribution in [3.63, 3.8) is 0 Å². The molecule has 9 heteroatoms. The average Bonchev–Trinajstić information content (AvgIpc) is 3.41. The fourth-order valence-electron chi connectivity index (χ4n) is 3.67. The molecule has 190 valence electrons. The molecule has 0 saturated carbocycles. The summed E-state index contributed by atoms with van der Waals surface area (Å²) in [5.74, 6) is 1.25. The molecule has 0 aliphatic rings. The van der Waals surface area contributed by atoms with E-state index in [-0.39, 0.29) is 18.0 Å². The van der Waals surface area contributed by atoms with Gasteiger partial charge in [-0.05, 0) is 48.9 Å². The van der Waals surface area contributed by atoms with Crippen LogP contribution in [0.25, 0.3) is 11.5 Å². The second kappa shape index (κ2) is 11.9. The number of likely N-dealkylation sites (N-methyl/N-ethyl adjacent to an activating group) is 1. The summed E-state index contributed by atoms with van der Waals surface area (Å²) in [6.45, 7) is 2.33. The van der Waals surface area contributed by atoms with Gasteiger partial charge in [-0.25, -0.2) is 4.79 Å². The van der Waals surface area contributed by atoms with Gasteiger partial charge < -0.3 is 24.8 Å². The number of nitrogens with one attached hydrogen (secondary N) is 2. The van der Waals surface area contributed by atoms with E-state index in [0.717, 1.165) is 5.56 Å². The third-order valence-corrected chi connectivity index (χ3v) is 5.88. The molecule has 1 heterocycles. The first-order chi connectivity index (χ1) is 17.9. The van der Waals surface area contributed by atoms with Crippen molar-refractivity contribution in [3.05, 3.63) is 95.8 Å². The summed E-state index contributed by atoms with van der Waals surface area (Å²) in [7, 11) is 3.24. The molecule has 37 heavy (non-hydrogen) atoms. The van der Waals surface area contributed by atoms with Crippen molar-refractivity contribution in [1.82, 2.24) is 20.4 Å². The van der Waals surface area contributed by atoms with Crippen LogP contribution in [0.4, 0.5) is 10.5 Å². The third-order valence-electron chi connectivity index (χ3n) is 5.88. The molecule has 4 aromatic rings. The molecule has 0 fully saturated rings. The molecule has 0 spiro atoms. The zero-order valence-corrected chi connectivity index (χ0v) is 21.0. The Bertz CT molecular complexity index is 1340. The lowest BCUT2D eigenvalue weighted by Gasteiger charge is -2.18. The van der Waals surface area contributed by atoms with Crippen LogP contribution in [0.15, 0.2) is 83.4 Å². The van der Waals surface area contributed by atoms with Crippen molar-refractivity contribution in [2.45, 2.75) is 19.4 Å². The number of hydrogen-bond acceptors (Lipinski definition) is 6. The van der Waals surface area contributed by atoms with E-state index in [1.807, 2.05) is 49.4 Å². The van der Waals surface area contributed by atoms with E-state index >= 15 is 0 Å². The number of rotatable bonds is 9. The van der Waals surface area contributed by atoms with Crippen LogP contribution in [0.3, 0.4) is 0 Å². The topological polar surface area (TPSA) is 110 Å². The van der Waals surface area contributed by atoms with Crippen LogP contribution in [-0.4, -0.2) is 47.7 Å². The lowest BCUT2D eigenvalue weighted by Crippen LogP contribution is -2.33. The summed E-state index contributed by atoms with van der Waals surface area (Å²) in [6.07, 6.45) is 0.414. The molecule has 3 aromatic carbocycles. The number of aromatic nitrogens is 2. The van der Waals surface area contributed by atoms with Gasteiger partial charge in [0.05, 0.1) is 18.8 Å². The van der Waals surface area contributed by atoms with Gasteiger partial charge in [0.25, 0.3) is 11.8 Å². The Hall–Kier alpha value is -4.66. The summed E-state index contributed by atoms with van der Waals surface area (Å²) in [6, 6.07) is 23.6. The number of nitrogens with zero attached hydrogens (tertiary/aromatic N) is 3. The van der Waals surface area contributed by atoms with Crippen LogP contribution in [0, 0.1) is 0 Å². The zero-order chi connectivity index (χ0) is 26.2. The molecule has 3 amide bonds. The molecule has 0 aliphatic heterocycles. The third kappa shape index (κ3) is 6.52. The SMILES string of the molecule is COc1ccccc1NC(=O)N(C)CCc1noc(-c2ccc(C(=O)NC(C)c3ccccc3)cc2)n1. The standard InChI is InChI=1S/C28H29N5O4/c1-19(20-9-5-4-6-10-20)29-26(34)21-13-15-22(16-14-21)27-31-25(32-37-27)17-18-33(2)28(35)30-23-11-7-8-12-24(23)36-3/h4-16,19H,17-18H2,1-3H3,(H,29,34)(H,30,35). The minimum atomic E-state index is -0.274. The minimum absolute atomic E-state index is 0.109. The Labute approximate surface area is 215 Å². The molecule has 0 radical (unpaired) electrons. The van der Waals surface area contributed by atoms with Crippen LogP contribution < -0.4 is 15.4 Å². The maximum atomic E-state index is 12.6. The maximum Gasteiger partial charge on any atom is 0.321 e. The second-order valence-electron chi connectivity index (χ2n) is 8.50. The number of carbonyl (C=O) groups is 2. The number of amides is 3. The lowest BCUT2D eigenvalue weighted by atomic mass is 10.1. The Morgan fingerprint density at radius 3 is 2.43 bits per heavy atom. The number of para-hydroxylation sites is 2. The van der Waals surface area contributed by atoms with E-state index in [0.29, 0.717) is 47.2 Å². The normalized spacial score (nSPS) is 11.4. The maximum absolute atomic E-state index is 12.6. The highest BCUT2D eigenvalue weighted by atomic mass is 16.5. The van der Waals surface area contributed by atoms with E-state index in [4.69, 9.17) is 9.26 Å². The largest absolute Gasteiger partial charge is 0.495 e. The molecule has 2 N–H and O–H groups in total. The Kier molecular flexibility index (Phi) is 8.15. The average molecular weight is 500 g/mol. The van der Waals surface area contributed by atoms with Gasteiger partial charge in [-0.1, -0.05) is 47.6 Å². The van der Waals surface area contributed by atoms with Gasteiger partial charge in [0.1, 0.15) is 5.75 Å². The van der Waals surface area contributed by atoms with Gasteiger partial charge in [-0.15, -0.1) is 0 Å². The first-order valence-corrected chi connectivity index (χ1v) is 11.9. The quantitative estimate of drug-likeness (QED) is 0.338. The molecule has 1 atom stereocenters. The van der Waals surface area contributed by atoms with Crippen LogP contribution in [0.2, 0.25) is 0 Å².